The minimum absolute atomic E-state index is 0.0664. The van der Waals surface area contributed by atoms with E-state index in [0.29, 0.717) is 18.1 Å². The highest BCUT2D eigenvalue weighted by molar-refractivity contribution is 7.92. The minimum Gasteiger partial charge on any atom is -0.383 e. The van der Waals surface area contributed by atoms with Gasteiger partial charge in [-0.3, -0.25) is 4.79 Å². The van der Waals surface area contributed by atoms with E-state index in [1.807, 2.05) is 77.8 Å². The van der Waals surface area contributed by atoms with Gasteiger partial charge in [-0.05, 0) is 48.2 Å². The van der Waals surface area contributed by atoms with E-state index in [2.05, 4.69) is 4.57 Å². The fourth-order valence-corrected chi connectivity index (χ4v) is 6.41. The number of hydrogen-bond donors (Lipinski definition) is 0. The summed E-state index contributed by atoms with van der Waals surface area (Å²) in [5, 5.41) is 1.87. The Morgan fingerprint density at radius 2 is 1.75 bits per heavy atom. The van der Waals surface area contributed by atoms with Crippen LogP contribution in [0.3, 0.4) is 0 Å². The van der Waals surface area contributed by atoms with Crippen molar-refractivity contribution >= 4 is 33.6 Å². The number of hydrogen-bond acceptors (Lipinski definition) is 4. The summed E-state index contributed by atoms with van der Waals surface area (Å²) in [5.41, 5.74) is 2.75. The van der Waals surface area contributed by atoms with Gasteiger partial charge < -0.3 is 14.2 Å². The van der Waals surface area contributed by atoms with Crippen LogP contribution in [0.25, 0.3) is 6.08 Å². The summed E-state index contributed by atoms with van der Waals surface area (Å²) in [5.74, 6) is -0.204. The fourth-order valence-electron chi connectivity index (χ4n) is 5.09. The van der Waals surface area contributed by atoms with Gasteiger partial charge in [0.25, 0.3) is 0 Å². The Kier molecular flexibility index (Phi) is 11.0. The SMILES string of the molecule is COCCN(CC(=O)N(Cc1cccn1Cc1ccccc1Cl)C1CCCCC1)S(=O)(=O)C=Cc1ccccc1. The quantitative estimate of drug-likeness (QED) is 0.255. The second-order valence-electron chi connectivity index (χ2n) is 10.1. The van der Waals surface area contributed by atoms with Crippen LogP contribution < -0.4 is 0 Å². The summed E-state index contributed by atoms with van der Waals surface area (Å²) >= 11 is 6.42. The van der Waals surface area contributed by atoms with E-state index in [-0.39, 0.29) is 31.6 Å². The first-order valence-corrected chi connectivity index (χ1v) is 15.6. The Hall–Kier alpha value is -2.91. The third-order valence-electron chi connectivity index (χ3n) is 7.34. The molecule has 0 atom stereocenters. The van der Waals surface area contributed by atoms with Gasteiger partial charge in [-0.15, -0.1) is 0 Å². The van der Waals surface area contributed by atoms with Gasteiger partial charge in [0.05, 0.1) is 19.7 Å². The molecule has 40 heavy (non-hydrogen) atoms. The second kappa shape index (κ2) is 14.6. The molecule has 0 unspecified atom stereocenters. The smallest absolute Gasteiger partial charge is 0.238 e. The standard InChI is InChI=1S/C31H38ClN3O4S/c1-39-21-20-34(40(37,38)22-18-26-11-4-2-5-12-26)25-31(36)35(28-14-6-3-7-15-28)24-29-16-10-19-33(29)23-27-13-8-9-17-30(27)32/h2,4-5,8-13,16-19,22,28H,3,6-7,14-15,20-21,23-25H2,1H3. The predicted octanol–water partition coefficient (Wildman–Crippen LogP) is 5.80. The highest BCUT2D eigenvalue weighted by Gasteiger charge is 2.30. The lowest BCUT2D eigenvalue weighted by atomic mass is 9.94. The van der Waals surface area contributed by atoms with Gasteiger partial charge >= 0.3 is 0 Å². The van der Waals surface area contributed by atoms with Crippen LogP contribution in [0.2, 0.25) is 5.02 Å². The summed E-state index contributed by atoms with van der Waals surface area (Å²) in [7, 11) is -2.34. The van der Waals surface area contributed by atoms with Crippen LogP contribution in [0, 0.1) is 0 Å². The molecule has 1 heterocycles. The topological polar surface area (TPSA) is 71.8 Å². The van der Waals surface area contributed by atoms with Gasteiger partial charge in [-0.1, -0.05) is 79.4 Å². The molecule has 0 radical (unpaired) electrons. The average molecular weight is 584 g/mol. The number of amides is 1. The molecule has 2 aromatic carbocycles. The lowest BCUT2D eigenvalue weighted by molar-refractivity contribution is -0.135. The van der Waals surface area contributed by atoms with Crippen molar-refractivity contribution in [1.29, 1.82) is 0 Å². The maximum atomic E-state index is 13.9. The number of methoxy groups -OCH3 is 1. The van der Waals surface area contributed by atoms with Crippen molar-refractivity contribution in [2.75, 3.05) is 26.8 Å². The van der Waals surface area contributed by atoms with Crippen molar-refractivity contribution in [3.05, 3.63) is 100 Å². The van der Waals surface area contributed by atoms with Crippen molar-refractivity contribution in [2.45, 2.75) is 51.2 Å². The summed E-state index contributed by atoms with van der Waals surface area (Å²) in [6.07, 6.45) is 8.64. The highest BCUT2D eigenvalue weighted by atomic mass is 35.5. The average Bonchev–Trinajstić information content (AvgIpc) is 3.41. The molecule has 0 spiro atoms. The molecule has 3 aromatic rings. The van der Waals surface area contributed by atoms with E-state index in [4.69, 9.17) is 16.3 Å². The summed E-state index contributed by atoms with van der Waals surface area (Å²) in [4.78, 5) is 15.8. The summed E-state index contributed by atoms with van der Waals surface area (Å²) < 4.78 is 35.2. The lowest BCUT2D eigenvalue weighted by Crippen LogP contribution is -2.47. The number of rotatable bonds is 13. The van der Waals surface area contributed by atoms with Crippen molar-refractivity contribution in [3.8, 4) is 0 Å². The monoisotopic (exact) mass is 583 g/mol. The maximum Gasteiger partial charge on any atom is 0.238 e. The number of ether oxygens (including phenoxy) is 1. The van der Waals surface area contributed by atoms with Gasteiger partial charge in [0, 0.05) is 48.6 Å². The Morgan fingerprint density at radius 3 is 2.48 bits per heavy atom. The molecule has 0 N–H and O–H groups in total. The van der Waals surface area contributed by atoms with Crippen LogP contribution in [0.15, 0.2) is 78.3 Å². The normalized spacial score (nSPS) is 14.7. The van der Waals surface area contributed by atoms with E-state index in [1.54, 1.807) is 6.08 Å². The van der Waals surface area contributed by atoms with Crippen LogP contribution in [-0.4, -0.2) is 60.9 Å². The molecule has 1 saturated carbocycles. The number of carbonyl (C=O) groups excluding carboxylic acids is 1. The maximum absolute atomic E-state index is 13.9. The van der Waals surface area contributed by atoms with Gasteiger partial charge in [0.2, 0.25) is 15.9 Å². The van der Waals surface area contributed by atoms with Crippen LogP contribution in [0.1, 0.15) is 48.9 Å². The van der Waals surface area contributed by atoms with Gasteiger partial charge in [-0.25, -0.2) is 8.42 Å². The molecule has 0 bridgehead atoms. The summed E-state index contributed by atoms with van der Waals surface area (Å²) in [6, 6.07) is 21.0. The largest absolute Gasteiger partial charge is 0.383 e. The molecule has 1 aromatic heterocycles. The Bertz CT molecular complexity index is 1370. The Morgan fingerprint density at radius 1 is 1.02 bits per heavy atom. The van der Waals surface area contributed by atoms with Crippen molar-refractivity contribution in [3.63, 3.8) is 0 Å². The molecule has 9 heteroatoms. The first-order chi connectivity index (χ1) is 19.4. The number of nitrogens with zero attached hydrogens (tertiary/aromatic N) is 3. The Balaban J connectivity index is 1.56. The Labute approximate surface area is 243 Å². The first-order valence-electron chi connectivity index (χ1n) is 13.8. The third kappa shape index (κ3) is 8.30. The van der Waals surface area contributed by atoms with Crippen molar-refractivity contribution in [2.24, 2.45) is 0 Å². The number of benzene rings is 2. The molecule has 1 amide bonds. The number of aromatic nitrogens is 1. The molecule has 1 aliphatic rings. The van der Waals surface area contributed by atoms with E-state index < -0.39 is 10.0 Å². The highest BCUT2D eigenvalue weighted by Crippen LogP contribution is 2.26. The summed E-state index contributed by atoms with van der Waals surface area (Å²) in [6.45, 7) is 1.03. The molecule has 4 rings (SSSR count). The van der Waals surface area contributed by atoms with Crippen LogP contribution in [-0.2, 0) is 32.6 Å². The minimum atomic E-state index is -3.86. The van der Waals surface area contributed by atoms with Crippen LogP contribution >= 0.6 is 11.6 Å². The van der Waals surface area contributed by atoms with Crippen LogP contribution in [0.5, 0.6) is 0 Å². The van der Waals surface area contributed by atoms with Crippen LogP contribution in [0.4, 0.5) is 0 Å². The first kappa shape index (κ1) is 30.1. The molecular formula is C31H38ClN3O4S. The zero-order valence-electron chi connectivity index (χ0n) is 23.0. The van der Waals surface area contributed by atoms with Crippen molar-refractivity contribution < 1.29 is 17.9 Å². The zero-order valence-corrected chi connectivity index (χ0v) is 24.6. The number of halogens is 1. The predicted molar refractivity (Wildman–Crippen MR) is 160 cm³/mol. The lowest BCUT2D eigenvalue weighted by Gasteiger charge is -2.36. The zero-order chi connectivity index (χ0) is 28.4. The van der Waals surface area contributed by atoms with E-state index in [1.165, 1.54) is 16.8 Å². The fraction of sp³-hybridized carbons (Fsp3) is 0.387. The molecule has 0 aliphatic heterocycles. The molecule has 1 aliphatic carbocycles. The van der Waals surface area contributed by atoms with Gasteiger partial charge in [0.15, 0.2) is 0 Å². The molecule has 1 fully saturated rings. The molecule has 7 nitrogen and oxygen atoms in total. The van der Waals surface area contributed by atoms with Gasteiger partial charge in [0.1, 0.15) is 0 Å². The molecular weight excluding hydrogens is 546 g/mol. The van der Waals surface area contributed by atoms with E-state index in [0.717, 1.165) is 48.9 Å². The number of carbonyl (C=O) groups is 1. The van der Waals surface area contributed by atoms with E-state index in [9.17, 15) is 13.2 Å². The second-order valence-corrected chi connectivity index (χ2v) is 12.3. The molecule has 0 saturated heterocycles. The van der Waals surface area contributed by atoms with E-state index >= 15 is 0 Å². The number of sulfonamides is 1. The van der Waals surface area contributed by atoms with Gasteiger partial charge in [-0.2, -0.15) is 4.31 Å². The van der Waals surface area contributed by atoms with Crippen molar-refractivity contribution in [1.82, 2.24) is 13.8 Å². The third-order valence-corrected chi connectivity index (χ3v) is 9.22. The molecule has 214 valence electrons.